The molecule has 1 aliphatic carbocycles. The van der Waals surface area contributed by atoms with Crippen molar-refractivity contribution in [3.63, 3.8) is 0 Å². The van der Waals surface area contributed by atoms with Crippen LogP contribution in [0.25, 0.3) is 0 Å². The Morgan fingerprint density at radius 2 is 2.19 bits per heavy atom. The van der Waals surface area contributed by atoms with E-state index in [9.17, 15) is 9.59 Å². The maximum atomic E-state index is 12.0. The van der Waals surface area contributed by atoms with E-state index in [1.54, 1.807) is 19.2 Å². The van der Waals surface area contributed by atoms with Crippen molar-refractivity contribution in [3.05, 3.63) is 29.3 Å². The summed E-state index contributed by atoms with van der Waals surface area (Å²) in [6, 6.07) is 5.41. The van der Waals surface area contributed by atoms with E-state index in [1.165, 1.54) is 6.92 Å². The number of benzene rings is 1. The van der Waals surface area contributed by atoms with E-state index in [-0.39, 0.29) is 11.6 Å². The van der Waals surface area contributed by atoms with Crippen molar-refractivity contribution in [2.45, 2.75) is 19.8 Å². The van der Waals surface area contributed by atoms with Crippen molar-refractivity contribution < 1.29 is 14.3 Å². The number of ether oxygens (including phenoxy) is 1. The van der Waals surface area contributed by atoms with Crippen molar-refractivity contribution in [1.82, 2.24) is 0 Å². The first-order valence-corrected chi connectivity index (χ1v) is 5.35. The van der Waals surface area contributed by atoms with Gasteiger partial charge in [-0.2, -0.15) is 0 Å². The average molecular weight is 218 g/mol. The van der Waals surface area contributed by atoms with Gasteiger partial charge < -0.3 is 4.74 Å². The second kappa shape index (κ2) is 4.08. The Balaban J connectivity index is 2.46. The van der Waals surface area contributed by atoms with Crippen molar-refractivity contribution in [1.29, 1.82) is 0 Å². The third-order valence-corrected chi connectivity index (χ3v) is 3.11. The van der Waals surface area contributed by atoms with Crippen LogP contribution in [0.4, 0.5) is 0 Å². The number of rotatable bonds is 2. The molecule has 1 atom stereocenters. The minimum absolute atomic E-state index is 0.0431. The topological polar surface area (TPSA) is 43.4 Å². The Hall–Kier alpha value is -1.64. The third-order valence-electron chi connectivity index (χ3n) is 3.11. The van der Waals surface area contributed by atoms with Crippen LogP contribution in [-0.2, 0) is 11.2 Å². The number of methoxy groups -OCH3 is 1. The minimum Gasteiger partial charge on any atom is -0.496 e. The molecule has 1 unspecified atom stereocenters. The number of carbonyl (C=O) groups is 2. The summed E-state index contributed by atoms with van der Waals surface area (Å²) in [5.74, 6) is 0.179. The Kier molecular flexibility index (Phi) is 2.77. The summed E-state index contributed by atoms with van der Waals surface area (Å²) in [6.07, 6.45) is 1.33. The molecule has 2 rings (SSSR count). The standard InChI is InChI=1S/C13H14O3/c1-8(14)9-6-7-10-11(13(9)15)4-3-5-12(10)16-2/h3-5,9H,6-7H2,1-2H3. The summed E-state index contributed by atoms with van der Waals surface area (Å²) < 4.78 is 5.22. The lowest BCUT2D eigenvalue weighted by Gasteiger charge is -2.22. The van der Waals surface area contributed by atoms with E-state index in [0.29, 0.717) is 12.0 Å². The molecule has 1 aromatic rings. The van der Waals surface area contributed by atoms with Gasteiger partial charge in [0.2, 0.25) is 0 Å². The zero-order chi connectivity index (χ0) is 11.7. The van der Waals surface area contributed by atoms with Gasteiger partial charge in [-0.1, -0.05) is 12.1 Å². The molecular weight excluding hydrogens is 204 g/mol. The fourth-order valence-corrected chi connectivity index (χ4v) is 2.24. The second-order valence-electron chi connectivity index (χ2n) is 4.05. The van der Waals surface area contributed by atoms with E-state index in [2.05, 4.69) is 0 Å². The fourth-order valence-electron chi connectivity index (χ4n) is 2.24. The molecular formula is C13H14O3. The molecule has 0 radical (unpaired) electrons. The highest BCUT2D eigenvalue weighted by Crippen LogP contribution is 2.32. The van der Waals surface area contributed by atoms with Crippen LogP contribution in [0.5, 0.6) is 5.75 Å². The molecule has 0 heterocycles. The molecule has 1 aromatic carbocycles. The predicted octanol–water partition coefficient (Wildman–Crippen LogP) is 2.03. The molecule has 3 heteroatoms. The number of hydrogen-bond acceptors (Lipinski definition) is 3. The van der Waals surface area contributed by atoms with E-state index in [1.807, 2.05) is 6.07 Å². The lowest BCUT2D eigenvalue weighted by molar-refractivity contribution is -0.119. The molecule has 0 amide bonds. The SMILES string of the molecule is COc1cccc2c1CCC(C(C)=O)C2=O. The first-order chi connectivity index (χ1) is 7.65. The van der Waals surface area contributed by atoms with Gasteiger partial charge in [-0.05, 0) is 25.8 Å². The number of carbonyl (C=O) groups excluding carboxylic acids is 2. The first-order valence-electron chi connectivity index (χ1n) is 5.35. The smallest absolute Gasteiger partial charge is 0.173 e. The quantitative estimate of drug-likeness (QED) is 0.713. The van der Waals surface area contributed by atoms with Crippen LogP contribution in [0.1, 0.15) is 29.3 Å². The van der Waals surface area contributed by atoms with Crippen LogP contribution in [0.15, 0.2) is 18.2 Å². The van der Waals surface area contributed by atoms with E-state index < -0.39 is 5.92 Å². The molecule has 0 aromatic heterocycles. The first kappa shape index (κ1) is 10.9. The molecule has 0 N–H and O–H groups in total. The molecule has 0 saturated heterocycles. The van der Waals surface area contributed by atoms with Gasteiger partial charge >= 0.3 is 0 Å². The van der Waals surface area contributed by atoms with Crippen LogP contribution < -0.4 is 4.74 Å². The summed E-state index contributed by atoms with van der Waals surface area (Å²) in [5.41, 5.74) is 1.58. The van der Waals surface area contributed by atoms with Gasteiger partial charge in [0.1, 0.15) is 11.5 Å². The van der Waals surface area contributed by atoms with Crippen LogP contribution in [-0.4, -0.2) is 18.7 Å². The molecule has 0 fully saturated rings. The van der Waals surface area contributed by atoms with Crippen molar-refractivity contribution in [2.75, 3.05) is 7.11 Å². The van der Waals surface area contributed by atoms with E-state index in [4.69, 9.17) is 4.74 Å². The number of hydrogen-bond donors (Lipinski definition) is 0. The monoisotopic (exact) mass is 218 g/mol. The summed E-state index contributed by atoms with van der Waals surface area (Å²) in [4.78, 5) is 23.4. The van der Waals surface area contributed by atoms with Gasteiger partial charge in [-0.25, -0.2) is 0 Å². The number of ketones is 2. The lowest BCUT2D eigenvalue weighted by Crippen LogP contribution is -2.28. The van der Waals surface area contributed by atoms with Crippen molar-refractivity contribution in [3.8, 4) is 5.75 Å². The summed E-state index contributed by atoms with van der Waals surface area (Å²) in [6.45, 7) is 1.48. The highest BCUT2D eigenvalue weighted by atomic mass is 16.5. The fraction of sp³-hybridized carbons (Fsp3) is 0.385. The average Bonchev–Trinajstić information content (AvgIpc) is 2.28. The summed E-state index contributed by atoms with van der Waals surface area (Å²) >= 11 is 0. The number of fused-ring (bicyclic) bond motifs is 1. The highest BCUT2D eigenvalue weighted by molar-refractivity contribution is 6.11. The van der Waals surface area contributed by atoms with Gasteiger partial charge in [0.15, 0.2) is 5.78 Å². The highest BCUT2D eigenvalue weighted by Gasteiger charge is 2.31. The molecule has 84 valence electrons. The van der Waals surface area contributed by atoms with Crippen LogP contribution >= 0.6 is 0 Å². The minimum atomic E-state index is -0.459. The maximum absolute atomic E-state index is 12.0. The molecule has 1 aliphatic rings. The number of Topliss-reactive ketones (excluding diaryl/α,β-unsaturated/α-hetero) is 2. The van der Waals surface area contributed by atoms with Gasteiger partial charge in [-0.3, -0.25) is 9.59 Å². The Labute approximate surface area is 94.4 Å². The van der Waals surface area contributed by atoms with Crippen molar-refractivity contribution >= 4 is 11.6 Å². The van der Waals surface area contributed by atoms with Crippen LogP contribution in [0, 0.1) is 5.92 Å². The predicted molar refractivity (Wildman–Crippen MR) is 59.8 cm³/mol. The zero-order valence-corrected chi connectivity index (χ0v) is 9.45. The molecule has 0 bridgehead atoms. The van der Waals surface area contributed by atoms with Gasteiger partial charge in [0.25, 0.3) is 0 Å². The van der Waals surface area contributed by atoms with Crippen LogP contribution in [0.2, 0.25) is 0 Å². The Morgan fingerprint density at radius 3 is 2.81 bits per heavy atom. The second-order valence-corrected chi connectivity index (χ2v) is 4.05. The normalized spacial score (nSPS) is 19.1. The zero-order valence-electron chi connectivity index (χ0n) is 9.45. The van der Waals surface area contributed by atoms with Gasteiger partial charge in [-0.15, -0.1) is 0 Å². The summed E-state index contributed by atoms with van der Waals surface area (Å²) in [5, 5.41) is 0. The molecule has 16 heavy (non-hydrogen) atoms. The van der Waals surface area contributed by atoms with E-state index in [0.717, 1.165) is 17.7 Å². The van der Waals surface area contributed by atoms with E-state index >= 15 is 0 Å². The molecule has 0 saturated carbocycles. The van der Waals surface area contributed by atoms with Gasteiger partial charge in [0, 0.05) is 11.1 Å². The Bertz CT molecular complexity index is 448. The molecule has 0 aliphatic heterocycles. The summed E-state index contributed by atoms with van der Waals surface area (Å²) in [7, 11) is 1.59. The maximum Gasteiger partial charge on any atom is 0.173 e. The largest absolute Gasteiger partial charge is 0.496 e. The lowest BCUT2D eigenvalue weighted by atomic mass is 9.80. The van der Waals surface area contributed by atoms with Gasteiger partial charge in [0.05, 0.1) is 13.0 Å². The Morgan fingerprint density at radius 1 is 1.44 bits per heavy atom. The third kappa shape index (κ3) is 1.62. The van der Waals surface area contributed by atoms with Crippen LogP contribution in [0.3, 0.4) is 0 Å². The molecule has 0 spiro atoms. The molecule has 3 nitrogen and oxygen atoms in total. The van der Waals surface area contributed by atoms with Crippen molar-refractivity contribution in [2.24, 2.45) is 5.92 Å².